The van der Waals surface area contributed by atoms with Crippen molar-refractivity contribution in [3.05, 3.63) is 147 Å². The molecule has 0 nitrogen and oxygen atoms in total. The predicted octanol–water partition coefficient (Wildman–Crippen LogP) is 2.56. The number of rotatable bonds is 3. The number of benzene rings is 4. The van der Waals surface area contributed by atoms with Gasteiger partial charge in [0.05, 0.1) is 0 Å². The van der Waals surface area contributed by atoms with Crippen LogP contribution in [0.25, 0.3) is 28.3 Å². The SMILES string of the molecule is CC(C)(C)c1ccc2c(c1)[C-]=c1c-2cc(=C(c2ccccc2)c2ccccc2)c(C(C)(C)C)c1C1=CC=CC1.[Cl-].[Cl-].[Zr+3]. The van der Waals surface area contributed by atoms with Gasteiger partial charge in [0.15, 0.2) is 0 Å². The minimum Gasteiger partial charge on any atom is -1.00 e. The van der Waals surface area contributed by atoms with Gasteiger partial charge >= 0.3 is 26.2 Å². The normalized spacial score (nSPS) is 13.0. The summed E-state index contributed by atoms with van der Waals surface area (Å²) in [6, 6.07) is 31.3. The third-order valence-electron chi connectivity index (χ3n) is 8.00. The fourth-order valence-corrected chi connectivity index (χ4v) is 6.13. The molecule has 0 amide bonds. The monoisotopic (exact) mass is 665 g/mol. The molecule has 0 saturated heterocycles. The molecule has 0 unspecified atom stereocenters. The van der Waals surface area contributed by atoms with Crippen molar-refractivity contribution in [2.45, 2.75) is 58.8 Å². The molecule has 0 heterocycles. The molecule has 0 atom stereocenters. The van der Waals surface area contributed by atoms with Gasteiger partial charge in [0.25, 0.3) is 0 Å². The van der Waals surface area contributed by atoms with E-state index >= 15 is 0 Å². The number of hydrogen-bond donors (Lipinski definition) is 0. The van der Waals surface area contributed by atoms with Crippen LogP contribution >= 0.6 is 0 Å². The Kier molecular flexibility index (Phi) is 10.6. The second kappa shape index (κ2) is 13.1. The summed E-state index contributed by atoms with van der Waals surface area (Å²) in [7, 11) is 0. The zero-order chi connectivity index (χ0) is 27.4. The molecule has 0 bridgehead atoms. The Morgan fingerprint density at radius 2 is 1.29 bits per heavy atom. The molecule has 3 heteroatoms. The van der Waals surface area contributed by atoms with Crippen molar-refractivity contribution in [2.24, 2.45) is 0 Å². The number of hydrogen-bond acceptors (Lipinski definition) is 0. The van der Waals surface area contributed by atoms with Crippen LogP contribution in [0.15, 0.2) is 103 Å². The van der Waals surface area contributed by atoms with Gasteiger partial charge in [-0.2, -0.15) is 0 Å². The first-order valence-electron chi connectivity index (χ1n) is 14.1. The summed E-state index contributed by atoms with van der Waals surface area (Å²) >= 11 is 0. The Morgan fingerprint density at radius 1 is 0.690 bits per heavy atom. The van der Waals surface area contributed by atoms with Gasteiger partial charge < -0.3 is 24.8 Å². The third-order valence-corrected chi connectivity index (χ3v) is 8.00. The van der Waals surface area contributed by atoms with E-state index in [9.17, 15) is 0 Å². The maximum Gasteiger partial charge on any atom is 3.00 e. The van der Waals surface area contributed by atoms with E-state index in [0.29, 0.717) is 0 Å². The first kappa shape index (κ1) is 34.1. The van der Waals surface area contributed by atoms with Crippen LogP contribution in [0, 0.1) is 0 Å². The van der Waals surface area contributed by atoms with Gasteiger partial charge in [0.1, 0.15) is 0 Å². The van der Waals surface area contributed by atoms with Crippen LogP contribution in [0.3, 0.4) is 0 Å². The molecule has 0 aliphatic heterocycles. The maximum absolute atomic E-state index is 3.92. The van der Waals surface area contributed by atoms with Crippen LogP contribution in [-0.2, 0) is 37.0 Å². The Labute approximate surface area is 283 Å². The zero-order valence-electron chi connectivity index (χ0n) is 25.3. The zero-order valence-corrected chi connectivity index (χ0v) is 29.2. The Morgan fingerprint density at radius 3 is 1.79 bits per heavy atom. The van der Waals surface area contributed by atoms with Gasteiger partial charge in [-0.05, 0) is 39.2 Å². The summed E-state index contributed by atoms with van der Waals surface area (Å²) in [5.74, 6) is 0. The fourth-order valence-electron chi connectivity index (χ4n) is 6.13. The number of allylic oxidation sites excluding steroid dienone is 4. The smallest absolute Gasteiger partial charge is 1.00 e. The van der Waals surface area contributed by atoms with Crippen molar-refractivity contribution in [3.8, 4) is 11.1 Å². The summed E-state index contributed by atoms with van der Waals surface area (Å²) in [6.07, 6.45) is 11.7. The van der Waals surface area contributed by atoms with Crippen LogP contribution in [0.2, 0.25) is 0 Å². The number of fused-ring (bicyclic) bond motifs is 3. The molecule has 2 aliphatic rings. The van der Waals surface area contributed by atoms with Gasteiger partial charge in [0, 0.05) is 0 Å². The van der Waals surface area contributed by atoms with Crippen LogP contribution in [0.5, 0.6) is 0 Å². The van der Waals surface area contributed by atoms with Crippen molar-refractivity contribution < 1.29 is 51.0 Å². The summed E-state index contributed by atoms with van der Waals surface area (Å²) in [6.45, 7) is 13.9. The minimum absolute atomic E-state index is 0. The van der Waals surface area contributed by atoms with Crippen molar-refractivity contribution in [2.75, 3.05) is 0 Å². The molecule has 4 aromatic rings. The van der Waals surface area contributed by atoms with Crippen LogP contribution in [0.4, 0.5) is 0 Å². The van der Waals surface area contributed by atoms with E-state index in [1.54, 1.807) is 0 Å². The van der Waals surface area contributed by atoms with Crippen LogP contribution < -0.4 is 35.3 Å². The molecule has 42 heavy (non-hydrogen) atoms. The van der Waals surface area contributed by atoms with Gasteiger partial charge in [-0.25, -0.2) is 0 Å². The standard InChI is InChI=1S/C39H37.2ClH.Zr/c1-38(2,3)30-21-22-31-29(23-30)24-33-32(31)25-34(37(39(4,5)6)36(33)28-19-13-14-20-28)35(26-15-9-7-10-16-26)27-17-11-8-12-18-27;;;/h7-19,21-23,25H,20H2,1-6H3;2*1H;/q-1;;;+3/p-2. The molecule has 0 fully saturated rings. The largest absolute Gasteiger partial charge is 3.00 e. The molecule has 4 aromatic carbocycles. The molecule has 0 aromatic heterocycles. The van der Waals surface area contributed by atoms with E-state index in [4.69, 9.17) is 0 Å². The maximum atomic E-state index is 3.92. The first-order chi connectivity index (χ1) is 18.6. The van der Waals surface area contributed by atoms with E-state index in [1.165, 1.54) is 66.1 Å². The average Bonchev–Trinajstić information content (AvgIpc) is 3.56. The molecule has 6 rings (SSSR count). The summed E-state index contributed by atoms with van der Waals surface area (Å²) in [5.41, 5.74) is 13.1. The fraction of sp³-hybridized carbons (Fsp3) is 0.231. The topological polar surface area (TPSA) is 0 Å². The first-order valence-corrected chi connectivity index (χ1v) is 14.1. The van der Waals surface area contributed by atoms with Gasteiger partial charge in [-0.15, -0.1) is 34.1 Å². The van der Waals surface area contributed by atoms with Gasteiger partial charge in [-0.1, -0.05) is 161 Å². The quantitative estimate of drug-likeness (QED) is 0.260. The van der Waals surface area contributed by atoms with E-state index in [0.717, 1.165) is 6.42 Å². The molecule has 1 radical (unpaired) electrons. The van der Waals surface area contributed by atoms with E-state index in [-0.39, 0.29) is 61.8 Å². The van der Waals surface area contributed by atoms with E-state index in [1.807, 2.05) is 0 Å². The van der Waals surface area contributed by atoms with Crippen molar-refractivity contribution in [1.29, 1.82) is 0 Å². The summed E-state index contributed by atoms with van der Waals surface area (Å²) in [4.78, 5) is 0. The summed E-state index contributed by atoms with van der Waals surface area (Å²) in [5, 5.41) is 2.57. The van der Waals surface area contributed by atoms with Crippen LogP contribution in [-0.4, -0.2) is 0 Å². The van der Waals surface area contributed by atoms with E-state index in [2.05, 4.69) is 151 Å². The second-order valence-electron chi connectivity index (χ2n) is 12.9. The Bertz CT molecular complexity index is 1720. The average molecular weight is 668 g/mol. The van der Waals surface area contributed by atoms with Gasteiger partial charge in [0.2, 0.25) is 0 Å². The van der Waals surface area contributed by atoms with Crippen molar-refractivity contribution in [3.63, 3.8) is 0 Å². The minimum atomic E-state index is -0.0784. The molecule has 211 valence electrons. The third kappa shape index (κ3) is 6.26. The second-order valence-corrected chi connectivity index (χ2v) is 12.9. The molecule has 2 aliphatic carbocycles. The summed E-state index contributed by atoms with van der Waals surface area (Å²) < 4.78 is 0. The predicted molar refractivity (Wildman–Crippen MR) is 167 cm³/mol. The molecule has 0 N–H and O–H groups in total. The molecular formula is C39H37Cl2Zr. The van der Waals surface area contributed by atoms with Crippen molar-refractivity contribution >= 4 is 17.2 Å². The van der Waals surface area contributed by atoms with Crippen LogP contribution in [0.1, 0.15) is 81.3 Å². The molecular weight excluding hydrogens is 631 g/mol. The number of halogens is 2. The van der Waals surface area contributed by atoms with Crippen molar-refractivity contribution in [1.82, 2.24) is 0 Å². The van der Waals surface area contributed by atoms with Gasteiger partial charge in [-0.3, -0.25) is 0 Å². The molecule has 0 saturated carbocycles. The Balaban J connectivity index is 0.00000161. The van der Waals surface area contributed by atoms with E-state index < -0.39 is 0 Å². The Hall–Kier alpha value is -2.44. The molecule has 0 spiro atoms.